The zero-order valence-electron chi connectivity index (χ0n) is 9.66. The Bertz CT molecular complexity index is 321. The van der Waals surface area contributed by atoms with Gasteiger partial charge in [-0.1, -0.05) is 0 Å². The van der Waals surface area contributed by atoms with E-state index in [1.165, 1.54) is 6.26 Å². The molecule has 0 bridgehead atoms. The van der Waals surface area contributed by atoms with Crippen molar-refractivity contribution in [3.8, 4) is 0 Å². The van der Waals surface area contributed by atoms with Crippen LogP contribution in [0.3, 0.4) is 0 Å². The van der Waals surface area contributed by atoms with Crippen LogP contribution in [0.25, 0.3) is 0 Å². The van der Waals surface area contributed by atoms with Crippen molar-refractivity contribution in [3.63, 3.8) is 0 Å². The van der Waals surface area contributed by atoms with Crippen molar-refractivity contribution in [2.45, 2.75) is 19.3 Å². The number of piperidine rings is 1. The van der Waals surface area contributed by atoms with E-state index in [2.05, 4.69) is 10.6 Å². The SMILES string of the molecule is CS(=O)(=O)CCNC(=O)CC1CCNCC1. The van der Waals surface area contributed by atoms with Crippen molar-refractivity contribution < 1.29 is 13.2 Å². The first-order valence-corrected chi connectivity index (χ1v) is 7.68. The van der Waals surface area contributed by atoms with E-state index in [9.17, 15) is 13.2 Å². The summed E-state index contributed by atoms with van der Waals surface area (Å²) in [7, 11) is -2.98. The second kappa shape index (κ2) is 6.20. The number of carbonyl (C=O) groups is 1. The Morgan fingerprint density at radius 1 is 1.38 bits per heavy atom. The number of nitrogens with one attached hydrogen (secondary N) is 2. The smallest absolute Gasteiger partial charge is 0.220 e. The van der Waals surface area contributed by atoms with E-state index in [0.717, 1.165) is 25.9 Å². The third kappa shape index (κ3) is 6.07. The fraction of sp³-hybridized carbons (Fsp3) is 0.900. The van der Waals surface area contributed by atoms with Crippen LogP contribution >= 0.6 is 0 Å². The summed E-state index contributed by atoms with van der Waals surface area (Å²) in [5, 5.41) is 5.89. The summed E-state index contributed by atoms with van der Waals surface area (Å²) < 4.78 is 21.7. The van der Waals surface area contributed by atoms with Gasteiger partial charge in [-0.05, 0) is 31.8 Å². The van der Waals surface area contributed by atoms with Crippen LogP contribution in [0, 0.1) is 5.92 Å². The van der Waals surface area contributed by atoms with Crippen LogP contribution in [0.2, 0.25) is 0 Å². The molecule has 6 heteroatoms. The zero-order chi connectivity index (χ0) is 12.0. The Morgan fingerprint density at radius 3 is 2.56 bits per heavy atom. The average molecular weight is 248 g/mol. The number of hydrogen-bond donors (Lipinski definition) is 2. The second-order valence-corrected chi connectivity index (χ2v) is 6.64. The molecule has 0 aromatic rings. The minimum atomic E-state index is -2.98. The second-order valence-electron chi connectivity index (χ2n) is 4.38. The first kappa shape index (κ1) is 13.4. The van der Waals surface area contributed by atoms with Crippen molar-refractivity contribution in [1.29, 1.82) is 0 Å². The molecule has 5 nitrogen and oxygen atoms in total. The van der Waals surface area contributed by atoms with Crippen molar-refractivity contribution in [2.24, 2.45) is 5.92 Å². The van der Waals surface area contributed by atoms with E-state index in [0.29, 0.717) is 12.3 Å². The summed E-state index contributed by atoms with van der Waals surface area (Å²) in [6.07, 6.45) is 3.75. The molecule has 1 aliphatic rings. The molecular weight excluding hydrogens is 228 g/mol. The van der Waals surface area contributed by atoms with Gasteiger partial charge >= 0.3 is 0 Å². The van der Waals surface area contributed by atoms with Gasteiger partial charge in [0.05, 0.1) is 5.75 Å². The highest BCUT2D eigenvalue weighted by Gasteiger charge is 2.16. The average Bonchev–Trinajstić information content (AvgIpc) is 2.17. The zero-order valence-corrected chi connectivity index (χ0v) is 10.5. The molecule has 0 saturated carbocycles. The fourth-order valence-corrected chi connectivity index (χ4v) is 2.27. The molecule has 0 aromatic carbocycles. The summed E-state index contributed by atoms with van der Waals surface area (Å²) in [5.41, 5.74) is 0. The lowest BCUT2D eigenvalue weighted by molar-refractivity contribution is -0.122. The highest BCUT2D eigenvalue weighted by atomic mass is 32.2. The lowest BCUT2D eigenvalue weighted by Gasteiger charge is -2.21. The third-order valence-electron chi connectivity index (χ3n) is 2.73. The molecule has 1 amide bonds. The summed E-state index contributed by atoms with van der Waals surface area (Å²) in [6.45, 7) is 2.17. The maximum atomic E-state index is 11.5. The summed E-state index contributed by atoms with van der Waals surface area (Å²) >= 11 is 0. The lowest BCUT2D eigenvalue weighted by atomic mass is 9.94. The standard InChI is InChI=1S/C10H20N2O3S/c1-16(14,15)7-6-12-10(13)8-9-2-4-11-5-3-9/h9,11H,2-8H2,1H3,(H,12,13). The Kier molecular flexibility index (Phi) is 5.21. The van der Waals surface area contributed by atoms with Crippen molar-refractivity contribution >= 4 is 15.7 Å². The van der Waals surface area contributed by atoms with Gasteiger partial charge in [-0.2, -0.15) is 0 Å². The van der Waals surface area contributed by atoms with Gasteiger partial charge in [0.2, 0.25) is 5.91 Å². The van der Waals surface area contributed by atoms with Gasteiger partial charge in [-0.3, -0.25) is 4.79 Å². The molecular formula is C10H20N2O3S. The van der Waals surface area contributed by atoms with Gasteiger partial charge in [0, 0.05) is 19.2 Å². The predicted molar refractivity (Wildman–Crippen MR) is 62.9 cm³/mol. The Hall–Kier alpha value is -0.620. The van der Waals surface area contributed by atoms with Crippen LogP contribution in [0.15, 0.2) is 0 Å². The summed E-state index contributed by atoms with van der Waals surface area (Å²) in [6, 6.07) is 0. The number of hydrogen-bond acceptors (Lipinski definition) is 4. The van der Waals surface area contributed by atoms with Gasteiger partial charge in [0.25, 0.3) is 0 Å². The lowest BCUT2D eigenvalue weighted by Crippen LogP contribution is -2.34. The van der Waals surface area contributed by atoms with Gasteiger partial charge in [-0.15, -0.1) is 0 Å². The molecule has 0 unspecified atom stereocenters. The van der Waals surface area contributed by atoms with Crippen LogP contribution in [0.5, 0.6) is 0 Å². The van der Waals surface area contributed by atoms with E-state index < -0.39 is 9.84 Å². The molecule has 0 radical (unpaired) electrons. The maximum absolute atomic E-state index is 11.5. The minimum Gasteiger partial charge on any atom is -0.355 e. The van der Waals surface area contributed by atoms with Crippen LogP contribution in [-0.4, -0.2) is 46.0 Å². The van der Waals surface area contributed by atoms with Crippen molar-refractivity contribution in [2.75, 3.05) is 31.6 Å². The van der Waals surface area contributed by atoms with Crippen LogP contribution in [0.4, 0.5) is 0 Å². The third-order valence-corrected chi connectivity index (χ3v) is 3.67. The maximum Gasteiger partial charge on any atom is 0.220 e. The minimum absolute atomic E-state index is 0.0188. The molecule has 0 aliphatic carbocycles. The van der Waals surface area contributed by atoms with Gasteiger partial charge in [0.15, 0.2) is 0 Å². The van der Waals surface area contributed by atoms with Crippen LogP contribution in [0.1, 0.15) is 19.3 Å². The molecule has 1 heterocycles. The monoisotopic (exact) mass is 248 g/mol. The van der Waals surface area contributed by atoms with Crippen molar-refractivity contribution in [1.82, 2.24) is 10.6 Å². The molecule has 1 aliphatic heterocycles. The highest BCUT2D eigenvalue weighted by molar-refractivity contribution is 7.90. The number of sulfone groups is 1. The Morgan fingerprint density at radius 2 is 2.00 bits per heavy atom. The molecule has 1 saturated heterocycles. The number of carbonyl (C=O) groups excluding carboxylic acids is 1. The van der Waals surface area contributed by atoms with Gasteiger partial charge in [-0.25, -0.2) is 8.42 Å². The highest BCUT2D eigenvalue weighted by Crippen LogP contribution is 2.15. The van der Waals surface area contributed by atoms with Crippen LogP contribution in [-0.2, 0) is 14.6 Å². The largest absolute Gasteiger partial charge is 0.355 e. The van der Waals surface area contributed by atoms with Crippen LogP contribution < -0.4 is 10.6 Å². The molecule has 0 aromatic heterocycles. The van der Waals surface area contributed by atoms with Crippen molar-refractivity contribution in [3.05, 3.63) is 0 Å². The first-order chi connectivity index (χ1) is 7.47. The van der Waals surface area contributed by atoms with E-state index in [4.69, 9.17) is 0 Å². The Balaban J connectivity index is 2.15. The molecule has 94 valence electrons. The van der Waals surface area contributed by atoms with E-state index >= 15 is 0 Å². The van der Waals surface area contributed by atoms with E-state index in [-0.39, 0.29) is 18.2 Å². The fourth-order valence-electron chi connectivity index (χ4n) is 1.80. The topological polar surface area (TPSA) is 75.3 Å². The first-order valence-electron chi connectivity index (χ1n) is 5.62. The molecule has 1 rings (SSSR count). The van der Waals surface area contributed by atoms with E-state index in [1.54, 1.807) is 0 Å². The predicted octanol–water partition coefficient (Wildman–Crippen LogP) is -0.463. The quantitative estimate of drug-likeness (QED) is 0.690. The van der Waals surface area contributed by atoms with Gasteiger partial charge < -0.3 is 10.6 Å². The molecule has 2 N–H and O–H groups in total. The molecule has 0 spiro atoms. The molecule has 1 fully saturated rings. The molecule has 16 heavy (non-hydrogen) atoms. The Labute approximate surface area is 96.9 Å². The number of rotatable bonds is 5. The summed E-state index contributed by atoms with van der Waals surface area (Å²) in [5.74, 6) is 0.431. The molecule has 0 atom stereocenters. The normalized spacial score (nSPS) is 18.3. The van der Waals surface area contributed by atoms with E-state index in [1.807, 2.05) is 0 Å². The summed E-state index contributed by atoms with van der Waals surface area (Å²) in [4.78, 5) is 11.5. The van der Waals surface area contributed by atoms with Gasteiger partial charge in [0.1, 0.15) is 9.84 Å². The number of amides is 1.